The van der Waals surface area contributed by atoms with Gasteiger partial charge in [-0.15, -0.1) is 0 Å². The molecule has 4 aliphatic rings. The Morgan fingerprint density at radius 1 is 0.939 bits per heavy atom. The number of aromatic hydroxyl groups is 1. The molecule has 2 aromatic rings. The molecule has 0 spiro atoms. The van der Waals surface area contributed by atoms with Crippen molar-refractivity contribution in [3.63, 3.8) is 0 Å². The fourth-order valence-electron chi connectivity index (χ4n) is 6.99. The van der Waals surface area contributed by atoms with Crippen LogP contribution in [0.2, 0.25) is 0 Å². The number of fused-ring (bicyclic) bond motifs is 2. The first-order valence-electron chi connectivity index (χ1n) is 17.1. The number of benzene rings is 2. The van der Waals surface area contributed by atoms with Gasteiger partial charge in [0.25, 0.3) is 11.1 Å². The van der Waals surface area contributed by atoms with Gasteiger partial charge in [-0.25, -0.2) is 4.90 Å². The Labute approximate surface area is 298 Å². The third-order valence-corrected chi connectivity index (χ3v) is 12.6. The van der Waals surface area contributed by atoms with Gasteiger partial charge in [-0.1, -0.05) is 23.9 Å². The number of nitrogens with one attached hydrogen (secondary N) is 1. The van der Waals surface area contributed by atoms with E-state index in [1.54, 1.807) is 7.11 Å². The van der Waals surface area contributed by atoms with E-state index >= 15 is 0 Å². The summed E-state index contributed by atoms with van der Waals surface area (Å²) >= 11 is 2.55. The number of hydrogen-bond acceptors (Lipinski definition) is 10. The topological polar surface area (TPSA) is 107 Å². The van der Waals surface area contributed by atoms with E-state index in [0.29, 0.717) is 23.6 Å². The van der Waals surface area contributed by atoms with Crippen LogP contribution in [0.15, 0.2) is 34.1 Å². The number of allylic oxidation sites excluding steroid dienone is 2. The highest BCUT2D eigenvalue weighted by molar-refractivity contribution is 8.18. The smallest absolute Gasteiger partial charge is 0.295 e. The third kappa shape index (κ3) is 7.36. The van der Waals surface area contributed by atoms with Crippen LogP contribution in [0.5, 0.6) is 23.0 Å². The molecule has 0 radical (unpaired) electrons. The summed E-state index contributed by atoms with van der Waals surface area (Å²) in [5, 5.41) is 13.3. The number of hydrogen-bond donors (Lipinski definition) is 2. The number of methoxy groups -OCH3 is 1. The average Bonchev–Trinajstić information content (AvgIpc) is 3.64. The van der Waals surface area contributed by atoms with E-state index < -0.39 is 5.50 Å². The minimum Gasteiger partial charge on any atom is -0.508 e. The second-order valence-electron chi connectivity index (χ2n) is 14.1. The normalized spacial score (nSPS) is 26.6. The number of thioether (sulfide) groups is 2. The van der Waals surface area contributed by atoms with Gasteiger partial charge in [0.1, 0.15) is 39.7 Å². The number of nitrogens with zero attached hydrogens (tertiary/aromatic N) is 1. The van der Waals surface area contributed by atoms with Gasteiger partial charge in [0.05, 0.1) is 4.91 Å². The predicted molar refractivity (Wildman–Crippen MR) is 195 cm³/mol. The largest absolute Gasteiger partial charge is 0.508 e. The zero-order chi connectivity index (χ0) is 35.1. The summed E-state index contributed by atoms with van der Waals surface area (Å²) < 4.78 is 24.0. The number of ether oxygens (including phenoxy) is 4. The van der Waals surface area contributed by atoms with Crippen molar-refractivity contribution in [2.24, 2.45) is 0 Å². The minimum absolute atomic E-state index is 0.218. The zero-order valence-electron chi connectivity index (χ0n) is 29.6. The molecule has 49 heavy (non-hydrogen) atoms. The Morgan fingerprint density at radius 2 is 1.55 bits per heavy atom. The van der Waals surface area contributed by atoms with Crippen molar-refractivity contribution >= 4 is 34.7 Å². The van der Waals surface area contributed by atoms with Gasteiger partial charge < -0.3 is 24.1 Å². The number of phenolic OH excluding ortho intramolecular Hbond substituents is 1. The molecular formula is C38H48N2O7S2. The molecule has 264 valence electrons. The van der Waals surface area contributed by atoms with E-state index in [1.165, 1.54) is 22.2 Å². The fourth-order valence-corrected chi connectivity index (χ4v) is 9.05. The maximum absolute atomic E-state index is 13.4. The van der Waals surface area contributed by atoms with Gasteiger partial charge >= 0.3 is 0 Å². The van der Waals surface area contributed by atoms with Crippen LogP contribution in [-0.2, 0) is 22.4 Å². The second kappa shape index (κ2) is 14.2. The predicted octanol–water partition coefficient (Wildman–Crippen LogP) is 8.12. The van der Waals surface area contributed by atoms with E-state index in [0.717, 1.165) is 107 Å². The quantitative estimate of drug-likeness (QED) is 0.186. The van der Waals surface area contributed by atoms with Crippen molar-refractivity contribution in [2.75, 3.05) is 20.4 Å². The van der Waals surface area contributed by atoms with E-state index in [4.69, 9.17) is 18.9 Å². The first-order chi connectivity index (χ1) is 23.3. The Kier molecular flexibility index (Phi) is 10.4. The maximum atomic E-state index is 13.4. The van der Waals surface area contributed by atoms with Crippen LogP contribution in [-0.4, -0.2) is 58.3 Å². The van der Waals surface area contributed by atoms with Crippen molar-refractivity contribution in [3.8, 4) is 23.0 Å². The molecule has 4 aliphatic heterocycles. The van der Waals surface area contributed by atoms with Crippen LogP contribution in [0.25, 0.3) is 0 Å². The molecule has 6 rings (SSSR count). The van der Waals surface area contributed by atoms with E-state index in [2.05, 4.69) is 45.2 Å². The monoisotopic (exact) mass is 708 g/mol. The fraction of sp³-hybridized carbons (Fsp3) is 0.526. The highest BCUT2D eigenvalue weighted by atomic mass is 32.2. The first kappa shape index (κ1) is 35.7. The summed E-state index contributed by atoms with van der Waals surface area (Å²) in [5.74, 6) is 2.73. The summed E-state index contributed by atoms with van der Waals surface area (Å²) in [5.41, 5.74) is 5.08. The lowest BCUT2D eigenvalue weighted by Crippen LogP contribution is -2.42. The van der Waals surface area contributed by atoms with Gasteiger partial charge in [-0.2, -0.15) is 0 Å². The van der Waals surface area contributed by atoms with Crippen molar-refractivity contribution in [1.82, 2.24) is 10.2 Å². The molecule has 11 heteroatoms. The molecular weight excluding hydrogens is 661 g/mol. The lowest BCUT2D eigenvalue weighted by molar-refractivity contribution is -0.123. The van der Waals surface area contributed by atoms with E-state index in [9.17, 15) is 14.7 Å². The molecule has 3 unspecified atom stereocenters. The molecule has 2 aromatic carbocycles. The molecule has 0 aromatic heterocycles. The number of amides is 2. The molecule has 0 saturated carbocycles. The lowest BCUT2D eigenvalue weighted by Gasteiger charge is -2.37. The van der Waals surface area contributed by atoms with Crippen molar-refractivity contribution < 1.29 is 33.6 Å². The minimum atomic E-state index is -0.420. The SMILES string of the molecule is COCOc1cc2c(c(C)c1C)OC(C)(CCC=C1CNC(N3C(=O)SC(=CCCC4(C)CCc5cc(O)c(C)c(C)c5O4)C3=O)S1)CC2. The number of phenols is 1. The summed E-state index contributed by atoms with van der Waals surface area (Å²) in [6, 6.07) is 3.89. The number of aryl methyl sites for hydroxylation is 2. The summed E-state index contributed by atoms with van der Waals surface area (Å²) in [6.07, 6.45) is 10.6. The molecule has 2 amide bonds. The molecule has 0 aliphatic carbocycles. The van der Waals surface area contributed by atoms with Crippen molar-refractivity contribution in [3.05, 3.63) is 67.5 Å². The third-order valence-electron chi connectivity index (χ3n) is 10.5. The maximum Gasteiger partial charge on any atom is 0.295 e. The van der Waals surface area contributed by atoms with Crippen molar-refractivity contribution in [2.45, 2.75) is 110 Å². The van der Waals surface area contributed by atoms with Crippen LogP contribution in [0.3, 0.4) is 0 Å². The zero-order valence-corrected chi connectivity index (χ0v) is 31.3. The highest BCUT2D eigenvalue weighted by Crippen LogP contribution is 2.44. The van der Waals surface area contributed by atoms with Gasteiger partial charge in [0.2, 0.25) is 0 Å². The van der Waals surface area contributed by atoms with E-state index in [-0.39, 0.29) is 29.1 Å². The Balaban J connectivity index is 1.01. The second-order valence-corrected chi connectivity index (χ2v) is 16.3. The molecule has 2 saturated heterocycles. The average molecular weight is 709 g/mol. The Bertz CT molecular complexity index is 1720. The molecule has 3 atom stereocenters. The number of carbonyl (C=O) groups is 2. The molecule has 0 bridgehead atoms. The molecule has 9 nitrogen and oxygen atoms in total. The molecule has 4 heterocycles. The van der Waals surface area contributed by atoms with Crippen LogP contribution >= 0.6 is 23.5 Å². The standard InChI is InChI=1S/C38H48N2O7S2/c1-22-24(3)32-26(18-29(22)41)12-16-38(6,46-32)15-9-11-31-34(42)40(36(43)49-31)35-39-20-28(48-35)10-8-14-37(5)17-13-27-19-30(45-21-44-7)23(2)25(4)33(27)47-37/h10-11,18-19,35,39,41H,8-9,12-17,20-21H2,1-7H3. The van der Waals surface area contributed by atoms with Gasteiger partial charge in [-0.05, 0) is 155 Å². The lowest BCUT2D eigenvalue weighted by atomic mass is 9.87. The Morgan fingerprint density at radius 3 is 2.20 bits per heavy atom. The van der Waals surface area contributed by atoms with Gasteiger partial charge in [-0.3, -0.25) is 14.9 Å². The molecule has 2 N–H and O–H groups in total. The molecule has 2 fully saturated rings. The summed E-state index contributed by atoms with van der Waals surface area (Å²) in [6.45, 7) is 13.1. The van der Waals surface area contributed by atoms with Crippen molar-refractivity contribution in [1.29, 1.82) is 0 Å². The van der Waals surface area contributed by atoms with E-state index in [1.807, 2.05) is 26.0 Å². The van der Waals surface area contributed by atoms with Crippen LogP contribution in [0.4, 0.5) is 4.79 Å². The van der Waals surface area contributed by atoms with Crippen LogP contribution in [0, 0.1) is 27.7 Å². The number of carbonyl (C=O) groups excluding carboxylic acids is 2. The summed E-state index contributed by atoms with van der Waals surface area (Å²) in [4.78, 5) is 29.4. The summed E-state index contributed by atoms with van der Waals surface area (Å²) in [7, 11) is 1.62. The van der Waals surface area contributed by atoms with Crippen LogP contribution < -0.4 is 19.5 Å². The van der Waals surface area contributed by atoms with Crippen LogP contribution in [0.1, 0.15) is 85.8 Å². The highest BCUT2D eigenvalue weighted by Gasteiger charge is 2.42. The van der Waals surface area contributed by atoms with Gasteiger partial charge in [0, 0.05) is 13.7 Å². The first-order valence-corrected chi connectivity index (χ1v) is 18.8. The number of rotatable bonds is 10. The Hall–Kier alpha value is -3.12. The van der Waals surface area contributed by atoms with Gasteiger partial charge in [0.15, 0.2) is 6.79 Å². The number of imide groups is 1.